The van der Waals surface area contributed by atoms with Gasteiger partial charge >= 0.3 is 0 Å². The van der Waals surface area contributed by atoms with Crippen molar-refractivity contribution in [3.8, 4) is 28.6 Å². The van der Waals surface area contributed by atoms with Crippen molar-refractivity contribution in [2.75, 3.05) is 0 Å². The van der Waals surface area contributed by atoms with Gasteiger partial charge in [-0.3, -0.25) is 14.5 Å². The molecule has 0 aliphatic heterocycles. The molecule has 0 unspecified atom stereocenters. The second-order valence-corrected chi connectivity index (χ2v) is 6.70. The van der Waals surface area contributed by atoms with Crippen molar-refractivity contribution < 1.29 is 0 Å². The molecule has 0 atom stereocenters. The number of nitrogens with one attached hydrogen (secondary N) is 1. The van der Waals surface area contributed by atoms with Gasteiger partial charge in [0.2, 0.25) is 0 Å². The van der Waals surface area contributed by atoms with Crippen molar-refractivity contribution in [1.29, 1.82) is 5.26 Å². The van der Waals surface area contributed by atoms with E-state index >= 15 is 0 Å². The molecule has 126 valence electrons. The average Bonchev–Trinajstić information content (AvgIpc) is 3.27. The van der Waals surface area contributed by atoms with Gasteiger partial charge in [0, 0.05) is 34.6 Å². The maximum Gasteiger partial charge on any atom is 0.144 e. The van der Waals surface area contributed by atoms with Gasteiger partial charge in [-0.1, -0.05) is 6.07 Å². The Hall–Kier alpha value is -3.46. The van der Waals surface area contributed by atoms with Crippen molar-refractivity contribution in [3.05, 3.63) is 59.8 Å². The van der Waals surface area contributed by atoms with Crippen LogP contribution in [0.3, 0.4) is 0 Å². The Balaban J connectivity index is 1.75. The third-order valence-electron chi connectivity index (χ3n) is 4.82. The Morgan fingerprint density at radius 3 is 2.88 bits per heavy atom. The van der Waals surface area contributed by atoms with Gasteiger partial charge in [0.1, 0.15) is 23.1 Å². The van der Waals surface area contributed by atoms with Crippen LogP contribution in [0.1, 0.15) is 35.8 Å². The molecular weight excluding hydrogens is 324 g/mol. The van der Waals surface area contributed by atoms with Crippen molar-refractivity contribution in [1.82, 2.24) is 24.6 Å². The molecule has 0 amide bonds. The maximum absolute atomic E-state index is 9.32. The summed E-state index contributed by atoms with van der Waals surface area (Å²) in [7, 11) is 0. The van der Waals surface area contributed by atoms with E-state index in [9.17, 15) is 5.26 Å². The smallest absolute Gasteiger partial charge is 0.144 e. The lowest BCUT2D eigenvalue weighted by Crippen LogP contribution is -1.94. The number of rotatable bonds is 3. The molecule has 4 aromatic rings. The highest BCUT2D eigenvalue weighted by atomic mass is 15.1. The number of H-pyrrole nitrogens is 1. The Labute approximate surface area is 150 Å². The SMILES string of the molecule is Cc1cccc(-c2n[nH]c(C3CC3)c2-c2ccc3ncc(C#N)n3c2)n1. The summed E-state index contributed by atoms with van der Waals surface area (Å²) >= 11 is 0. The number of aromatic amines is 1. The number of pyridine rings is 2. The molecule has 0 saturated heterocycles. The Morgan fingerprint density at radius 1 is 1.23 bits per heavy atom. The average molecular weight is 340 g/mol. The predicted octanol–water partition coefficient (Wildman–Crippen LogP) is 3.84. The van der Waals surface area contributed by atoms with Crippen LogP contribution in [0.4, 0.5) is 0 Å². The summed E-state index contributed by atoms with van der Waals surface area (Å²) < 4.78 is 1.83. The van der Waals surface area contributed by atoms with E-state index in [1.807, 2.05) is 47.9 Å². The van der Waals surface area contributed by atoms with Crippen LogP contribution in [-0.2, 0) is 0 Å². The quantitative estimate of drug-likeness (QED) is 0.614. The van der Waals surface area contributed by atoms with Crippen LogP contribution >= 0.6 is 0 Å². The topological polar surface area (TPSA) is 82.7 Å². The highest BCUT2D eigenvalue weighted by molar-refractivity contribution is 5.82. The van der Waals surface area contributed by atoms with Gasteiger partial charge in [0.05, 0.1) is 11.9 Å². The van der Waals surface area contributed by atoms with Crippen LogP contribution in [0, 0.1) is 18.3 Å². The first-order chi connectivity index (χ1) is 12.7. The zero-order valence-corrected chi connectivity index (χ0v) is 14.3. The number of hydrogen-bond donors (Lipinski definition) is 1. The van der Waals surface area contributed by atoms with Crippen LogP contribution in [-0.4, -0.2) is 24.6 Å². The summed E-state index contributed by atoms with van der Waals surface area (Å²) in [5.74, 6) is 0.519. The predicted molar refractivity (Wildman–Crippen MR) is 97.4 cm³/mol. The molecule has 0 aromatic carbocycles. The van der Waals surface area contributed by atoms with E-state index in [0.29, 0.717) is 11.6 Å². The number of nitrogens with zero attached hydrogens (tertiary/aromatic N) is 5. The summed E-state index contributed by atoms with van der Waals surface area (Å²) in [6.45, 7) is 1.98. The van der Waals surface area contributed by atoms with Gasteiger partial charge in [-0.15, -0.1) is 0 Å². The Morgan fingerprint density at radius 2 is 2.12 bits per heavy atom. The fourth-order valence-corrected chi connectivity index (χ4v) is 3.39. The molecule has 1 N–H and O–H groups in total. The minimum atomic E-state index is 0.519. The summed E-state index contributed by atoms with van der Waals surface area (Å²) in [6.07, 6.45) is 5.91. The van der Waals surface area contributed by atoms with Crippen molar-refractivity contribution in [2.24, 2.45) is 0 Å². The number of fused-ring (bicyclic) bond motifs is 1. The van der Waals surface area contributed by atoms with Gasteiger partial charge < -0.3 is 0 Å². The van der Waals surface area contributed by atoms with E-state index < -0.39 is 0 Å². The van der Waals surface area contributed by atoms with Crippen molar-refractivity contribution in [3.63, 3.8) is 0 Å². The molecule has 0 spiro atoms. The van der Waals surface area contributed by atoms with E-state index in [1.165, 1.54) is 12.8 Å². The first-order valence-electron chi connectivity index (χ1n) is 8.64. The molecular formula is C20H16N6. The summed E-state index contributed by atoms with van der Waals surface area (Å²) in [6, 6.07) is 12.1. The zero-order chi connectivity index (χ0) is 17.7. The van der Waals surface area contributed by atoms with Crippen LogP contribution in [0.15, 0.2) is 42.7 Å². The van der Waals surface area contributed by atoms with E-state index in [-0.39, 0.29) is 0 Å². The molecule has 0 bridgehead atoms. The monoisotopic (exact) mass is 340 g/mol. The number of aryl methyl sites for hydroxylation is 1. The minimum absolute atomic E-state index is 0.519. The third-order valence-corrected chi connectivity index (χ3v) is 4.82. The van der Waals surface area contributed by atoms with E-state index in [0.717, 1.165) is 39.5 Å². The summed E-state index contributed by atoms with van der Waals surface area (Å²) in [5, 5.41) is 17.2. The van der Waals surface area contributed by atoms with E-state index in [2.05, 4.69) is 26.2 Å². The van der Waals surface area contributed by atoms with Crippen LogP contribution in [0.25, 0.3) is 28.2 Å². The fourth-order valence-electron chi connectivity index (χ4n) is 3.39. The lowest BCUT2D eigenvalue weighted by atomic mass is 10.0. The number of nitriles is 1. The molecule has 1 aliphatic carbocycles. The highest BCUT2D eigenvalue weighted by Gasteiger charge is 2.31. The molecule has 4 aromatic heterocycles. The molecule has 5 rings (SSSR count). The zero-order valence-electron chi connectivity index (χ0n) is 14.3. The molecule has 4 heterocycles. The highest BCUT2D eigenvalue weighted by Crippen LogP contribution is 2.46. The molecule has 26 heavy (non-hydrogen) atoms. The van der Waals surface area contributed by atoms with Gasteiger partial charge in [-0.2, -0.15) is 10.4 Å². The number of aromatic nitrogens is 5. The van der Waals surface area contributed by atoms with Gasteiger partial charge in [-0.25, -0.2) is 4.98 Å². The molecule has 6 heteroatoms. The van der Waals surface area contributed by atoms with Gasteiger partial charge in [0.25, 0.3) is 0 Å². The van der Waals surface area contributed by atoms with Crippen LogP contribution in [0.2, 0.25) is 0 Å². The second-order valence-electron chi connectivity index (χ2n) is 6.70. The van der Waals surface area contributed by atoms with Gasteiger partial charge in [-0.05, 0) is 44.0 Å². The first-order valence-corrected chi connectivity index (χ1v) is 8.64. The normalized spacial score (nSPS) is 13.8. The van der Waals surface area contributed by atoms with Crippen molar-refractivity contribution in [2.45, 2.75) is 25.7 Å². The molecule has 1 aliphatic rings. The molecule has 0 radical (unpaired) electrons. The summed E-state index contributed by atoms with van der Waals surface area (Å²) in [4.78, 5) is 8.93. The Bertz CT molecular complexity index is 1170. The maximum atomic E-state index is 9.32. The van der Waals surface area contributed by atoms with Crippen LogP contribution in [0.5, 0.6) is 0 Å². The fraction of sp³-hybridized carbons (Fsp3) is 0.200. The van der Waals surface area contributed by atoms with Gasteiger partial charge in [0.15, 0.2) is 0 Å². The minimum Gasteiger partial charge on any atom is -0.291 e. The van der Waals surface area contributed by atoms with Crippen LogP contribution < -0.4 is 0 Å². The third kappa shape index (κ3) is 2.29. The lowest BCUT2D eigenvalue weighted by molar-refractivity contribution is 0.966. The van der Waals surface area contributed by atoms with Crippen molar-refractivity contribution >= 4 is 5.65 Å². The number of hydrogen-bond acceptors (Lipinski definition) is 4. The molecule has 1 fully saturated rings. The number of imidazole rings is 1. The standard InChI is InChI=1S/C20H16N6/c1-12-3-2-4-16(23-12)20-18(19(24-25-20)13-5-6-13)14-7-8-17-22-10-15(9-21)26(17)11-14/h2-4,7-8,10-11,13H,5-6H2,1H3,(H,24,25). The lowest BCUT2D eigenvalue weighted by Gasteiger charge is -2.07. The molecule has 1 saturated carbocycles. The second kappa shape index (κ2) is 5.53. The molecule has 6 nitrogen and oxygen atoms in total. The summed E-state index contributed by atoms with van der Waals surface area (Å²) in [5.41, 5.74) is 7.20. The van der Waals surface area contributed by atoms with E-state index in [4.69, 9.17) is 0 Å². The van der Waals surface area contributed by atoms with E-state index in [1.54, 1.807) is 6.20 Å². The Kier molecular flexibility index (Phi) is 3.16. The largest absolute Gasteiger partial charge is 0.291 e. The first kappa shape index (κ1) is 14.8.